The summed E-state index contributed by atoms with van der Waals surface area (Å²) < 4.78 is 8.55. The van der Waals surface area contributed by atoms with Crippen molar-refractivity contribution in [3.8, 4) is 0 Å². The van der Waals surface area contributed by atoms with E-state index in [2.05, 4.69) is 44.4 Å². The topological polar surface area (TPSA) is 31.2 Å². The molecule has 0 N–H and O–H groups in total. The molecule has 3 nitrogen and oxygen atoms in total. The van der Waals surface area contributed by atoms with Crippen molar-refractivity contribution >= 4 is 34.0 Å². The average molecular weight is 394 g/mol. The highest BCUT2D eigenvalue weighted by molar-refractivity contribution is 6.32. The molecule has 3 aromatic rings. The van der Waals surface area contributed by atoms with E-state index in [4.69, 9.17) is 16.3 Å². The molecule has 0 saturated carbocycles. The van der Waals surface area contributed by atoms with E-state index >= 15 is 0 Å². The third kappa shape index (κ3) is 2.68. The lowest BCUT2D eigenvalue weighted by molar-refractivity contribution is -0.127. The SMILES string of the molecule is Cc1c(C)n(C(C)C)c2ccc(C3=CC(=O)C(C)(c4ccccc4Cl)O3)cc12. The van der Waals surface area contributed by atoms with E-state index < -0.39 is 5.60 Å². The summed E-state index contributed by atoms with van der Waals surface area (Å²) >= 11 is 6.34. The van der Waals surface area contributed by atoms with Crippen molar-refractivity contribution in [2.24, 2.45) is 0 Å². The van der Waals surface area contributed by atoms with Crippen molar-refractivity contribution in [1.82, 2.24) is 4.57 Å². The standard InChI is InChI=1S/C24H24ClNO2/c1-14(2)26-16(4)15(3)18-12-17(10-11-21(18)26)22-13-23(27)24(5,28-22)19-8-6-7-9-20(19)25/h6-14H,1-5H3. The number of nitrogens with zero attached hydrogens (tertiary/aromatic N) is 1. The van der Waals surface area contributed by atoms with Gasteiger partial charge in [-0.05, 0) is 64.4 Å². The van der Waals surface area contributed by atoms with Crippen LogP contribution in [0.4, 0.5) is 0 Å². The van der Waals surface area contributed by atoms with Crippen LogP contribution in [0.1, 0.15) is 49.2 Å². The summed E-state index contributed by atoms with van der Waals surface area (Å²) in [7, 11) is 0. The first-order valence-corrected chi connectivity index (χ1v) is 9.93. The van der Waals surface area contributed by atoms with Gasteiger partial charge in [0.2, 0.25) is 5.78 Å². The number of ether oxygens (including phenoxy) is 1. The van der Waals surface area contributed by atoms with Gasteiger partial charge in [-0.1, -0.05) is 29.8 Å². The van der Waals surface area contributed by atoms with Gasteiger partial charge >= 0.3 is 0 Å². The molecule has 144 valence electrons. The Balaban J connectivity index is 1.78. The molecule has 0 bridgehead atoms. The van der Waals surface area contributed by atoms with Crippen LogP contribution in [0.25, 0.3) is 16.7 Å². The van der Waals surface area contributed by atoms with Crippen LogP contribution in [0.3, 0.4) is 0 Å². The number of aromatic nitrogens is 1. The smallest absolute Gasteiger partial charge is 0.207 e. The summed E-state index contributed by atoms with van der Waals surface area (Å²) in [5, 5.41) is 1.72. The van der Waals surface area contributed by atoms with Gasteiger partial charge in [0.15, 0.2) is 5.60 Å². The van der Waals surface area contributed by atoms with Crippen molar-refractivity contribution in [2.75, 3.05) is 0 Å². The Kier molecular flexibility index (Phi) is 4.39. The van der Waals surface area contributed by atoms with Gasteiger partial charge in [0.25, 0.3) is 0 Å². The molecule has 28 heavy (non-hydrogen) atoms. The van der Waals surface area contributed by atoms with Crippen molar-refractivity contribution < 1.29 is 9.53 Å². The first-order valence-electron chi connectivity index (χ1n) is 9.55. The number of aryl methyl sites for hydroxylation is 1. The normalized spacial score (nSPS) is 19.4. The highest BCUT2D eigenvalue weighted by Gasteiger charge is 2.43. The van der Waals surface area contributed by atoms with Crippen LogP contribution in [0.15, 0.2) is 48.5 Å². The first kappa shape index (κ1) is 18.8. The third-order valence-electron chi connectivity index (χ3n) is 5.80. The fraction of sp³-hybridized carbons (Fsp3) is 0.292. The van der Waals surface area contributed by atoms with Gasteiger partial charge in [0, 0.05) is 44.9 Å². The van der Waals surface area contributed by atoms with Crippen LogP contribution >= 0.6 is 11.6 Å². The van der Waals surface area contributed by atoms with Crippen LogP contribution in [0.2, 0.25) is 5.02 Å². The summed E-state index contributed by atoms with van der Waals surface area (Å²) in [6.07, 6.45) is 1.59. The number of benzene rings is 2. The number of carbonyl (C=O) groups excluding carboxylic acids is 1. The molecule has 1 aromatic heterocycles. The third-order valence-corrected chi connectivity index (χ3v) is 6.13. The lowest BCUT2D eigenvalue weighted by Crippen LogP contribution is -2.29. The molecule has 1 aliphatic heterocycles. The van der Waals surface area contributed by atoms with E-state index in [-0.39, 0.29) is 5.78 Å². The van der Waals surface area contributed by atoms with Gasteiger partial charge in [0.1, 0.15) is 5.76 Å². The highest BCUT2D eigenvalue weighted by Crippen LogP contribution is 2.42. The molecule has 1 aliphatic rings. The largest absolute Gasteiger partial charge is 0.474 e. The fourth-order valence-corrected chi connectivity index (χ4v) is 4.47. The van der Waals surface area contributed by atoms with Gasteiger partial charge in [0.05, 0.1) is 0 Å². The maximum absolute atomic E-state index is 12.8. The minimum absolute atomic E-state index is 0.0941. The molecule has 0 fully saturated rings. The molecule has 1 unspecified atom stereocenters. The predicted octanol–water partition coefficient (Wildman–Crippen LogP) is 6.35. The van der Waals surface area contributed by atoms with E-state index in [0.717, 1.165) is 5.56 Å². The molecule has 0 spiro atoms. The molecular formula is C24H24ClNO2. The molecule has 2 aromatic carbocycles. The van der Waals surface area contributed by atoms with Crippen molar-refractivity contribution in [1.29, 1.82) is 0 Å². The highest BCUT2D eigenvalue weighted by atomic mass is 35.5. The zero-order chi connectivity index (χ0) is 20.2. The molecule has 0 saturated heterocycles. The maximum Gasteiger partial charge on any atom is 0.207 e. The van der Waals surface area contributed by atoms with E-state index in [9.17, 15) is 4.79 Å². The van der Waals surface area contributed by atoms with Crippen LogP contribution in [-0.2, 0) is 15.1 Å². The minimum atomic E-state index is -1.10. The number of hydrogen-bond acceptors (Lipinski definition) is 2. The number of carbonyl (C=O) groups is 1. The Morgan fingerprint density at radius 2 is 1.82 bits per heavy atom. The van der Waals surface area contributed by atoms with E-state index in [0.29, 0.717) is 22.4 Å². The van der Waals surface area contributed by atoms with Gasteiger partial charge in [-0.3, -0.25) is 4.79 Å². The van der Waals surface area contributed by atoms with Crippen LogP contribution in [-0.4, -0.2) is 10.4 Å². The van der Waals surface area contributed by atoms with Gasteiger partial charge in [-0.15, -0.1) is 0 Å². The molecule has 4 rings (SSSR count). The maximum atomic E-state index is 12.8. The minimum Gasteiger partial charge on any atom is -0.474 e. The van der Waals surface area contributed by atoms with Crippen LogP contribution < -0.4 is 0 Å². The Morgan fingerprint density at radius 3 is 2.50 bits per heavy atom. The molecule has 0 aliphatic carbocycles. The number of halogens is 1. The van der Waals surface area contributed by atoms with E-state index in [1.807, 2.05) is 24.3 Å². The number of ketones is 1. The van der Waals surface area contributed by atoms with Gasteiger partial charge in [-0.25, -0.2) is 0 Å². The number of rotatable bonds is 3. The molecule has 0 amide bonds. The molecule has 1 atom stereocenters. The van der Waals surface area contributed by atoms with E-state index in [1.165, 1.54) is 22.2 Å². The first-order chi connectivity index (χ1) is 13.2. The van der Waals surface area contributed by atoms with Crippen LogP contribution in [0.5, 0.6) is 0 Å². The summed E-state index contributed by atoms with van der Waals surface area (Å²) in [5.41, 5.74) is 4.21. The van der Waals surface area contributed by atoms with Gasteiger partial charge < -0.3 is 9.30 Å². The van der Waals surface area contributed by atoms with Crippen molar-refractivity contribution in [3.63, 3.8) is 0 Å². The lowest BCUT2D eigenvalue weighted by atomic mass is 9.92. The average Bonchev–Trinajstić information content (AvgIpc) is 3.10. The molecular weight excluding hydrogens is 370 g/mol. The zero-order valence-electron chi connectivity index (χ0n) is 16.8. The summed E-state index contributed by atoms with van der Waals surface area (Å²) in [5.74, 6) is 0.493. The summed E-state index contributed by atoms with van der Waals surface area (Å²) in [6.45, 7) is 10.5. The second-order valence-electron chi connectivity index (χ2n) is 7.89. The summed E-state index contributed by atoms with van der Waals surface area (Å²) in [6, 6.07) is 14.0. The summed E-state index contributed by atoms with van der Waals surface area (Å²) in [4.78, 5) is 12.8. The Labute approximate surface area is 170 Å². The van der Waals surface area contributed by atoms with Crippen LogP contribution in [0, 0.1) is 13.8 Å². The van der Waals surface area contributed by atoms with Crippen molar-refractivity contribution in [2.45, 2.75) is 46.3 Å². The second-order valence-corrected chi connectivity index (χ2v) is 8.30. The lowest BCUT2D eigenvalue weighted by Gasteiger charge is -2.25. The fourth-order valence-electron chi connectivity index (χ4n) is 4.16. The quantitative estimate of drug-likeness (QED) is 0.519. The Bertz CT molecular complexity index is 1140. The molecule has 0 radical (unpaired) electrons. The molecule has 2 heterocycles. The molecule has 4 heteroatoms. The van der Waals surface area contributed by atoms with Crippen molar-refractivity contribution in [3.05, 3.63) is 75.9 Å². The number of fused-ring (bicyclic) bond motifs is 1. The van der Waals surface area contributed by atoms with Gasteiger partial charge in [-0.2, -0.15) is 0 Å². The number of hydrogen-bond donors (Lipinski definition) is 0. The van der Waals surface area contributed by atoms with E-state index in [1.54, 1.807) is 19.1 Å². The Morgan fingerprint density at radius 1 is 1.11 bits per heavy atom. The monoisotopic (exact) mass is 393 g/mol. The predicted molar refractivity (Wildman–Crippen MR) is 115 cm³/mol. The Hall–Kier alpha value is -2.52. The zero-order valence-corrected chi connectivity index (χ0v) is 17.6. The second kappa shape index (κ2) is 6.52.